The van der Waals surface area contributed by atoms with Gasteiger partial charge >= 0.3 is 0 Å². The van der Waals surface area contributed by atoms with E-state index in [-0.39, 0.29) is 12.5 Å². The first-order valence-electron chi connectivity index (χ1n) is 6.12. The Bertz CT molecular complexity index is 670. The molecule has 1 aromatic heterocycles. The van der Waals surface area contributed by atoms with Crippen molar-refractivity contribution in [3.63, 3.8) is 0 Å². The molecule has 0 saturated carbocycles. The second-order valence-electron chi connectivity index (χ2n) is 4.20. The molecular weight excluding hydrogens is 252 g/mol. The second-order valence-corrected chi connectivity index (χ2v) is 4.20. The molecule has 1 aromatic carbocycles. The molecule has 4 nitrogen and oxygen atoms in total. The molecule has 0 spiro atoms. The molecule has 1 amide bonds. The van der Waals surface area contributed by atoms with E-state index in [1.54, 1.807) is 24.4 Å². The monoisotopic (exact) mass is 266 g/mol. The highest BCUT2D eigenvalue weighted by molar-refractivity contribution is 6.04. The summed E-state index contributed by atoms with van der Waals surface area (Å²) >= 11 is 0. The lowest BCUT2D eigenvalue weighted by Gasteiger charge is -2.08. The van der Waals surface area contributed by atoms with E-state index in [1.807, 2.05) is 19.1 Å². The zero-order chi connectivity index (χ0) is 14.4. The maximum absolute atomic E-state index is 12.1. The van der Waals surface area contributed by atoms with Crippen LogP contribution in [-0.4, -0.2) is 22.6 Å². The molecule has 0 unspecified atom stereocenters. The molecule has 0 aliphatic carbocycles. The third-order valence-electron chi connectivity index (χ3n) is 2.65. The summed E-state index contributed by atoms with van der Waals surface area (Å²) in [7, 11) is 0. The van der Waals surface area contributed by atoms with Crippen molar-refractivity contribution < 1.29 is 9.90 Å². The summed E-state index contributed by atoms with van der Waals surface area (Å²) in [5.41, 5.74) is 2.81. The normalized spacial score (nSPS) is 9.50. The van der Waals surface area contributed by atoms with Gasteiger partial charge in [-0.2, -0.15) is 0 Å². The Hall–Kier alpha value is -2.64. The van der Waals surface area contributed by atoms with Crippen molar-refractivity contribution in [2.24, 2.45) is 0 Å². The van der Waals surface area contributed by atoms with Gasteiger partial charge in [-0.05, 0) is 36.8 Å². The Kier molecular flexibility index (Phi) is 4.48. The first-order valence-corrected chi connectivity index (χ1v) is 6.12. The Morgan fingerprint density at radius 3 is 2.95 bits per heavy atom. The predicted molar refractivity (Wildman–Crippen MR) is 77.3 cm³/mol. The van der Waals surface area contributed by atoms with E-state index in [0.29, 0.717) is 16.8 Å². The molecule has 2 rings (SSSR count). The van der Waals surface area contributed by atoms with Crippen LogP contribution in [0.4, 0.5) is 5.69 Å². The fraction of sp³-hybridized carbons (Fsp3) is 0.125. The van der Waals surface area contributed by atoms with E-state index >= 15 is 0 Å². The summed E-state index contributed by atoms with van der Waals surface area (Å²) in [6.07, 6.45) is 3.11. The third kappa shape index (κ3) is 3.44. The van der Waals surface area contributed by atoms with Gasteiger partial charge in [-0.1, -0.05) is 17.9 Å². The summed E-state index contributed by atoms with van der Waals surface area (Å²) in [5.74, 6) is 5.18. The Morgan fingerprint density at radius 2 is 2.25 bits per heavy atom. The largest absolute Gasteiger partial charge is 0.384 e. The molecule has 100 valence electrons. The highest BCUT2D eigenvalue weighted by Gasteiger charge is 2.08. The molecule has 4 heteroatoms. The highest BCUT2D eigenvalue weighted by atomic mass is 16.2. The molecule has 0 aliphatic rings. The number of anilines is 1. The highest BCUT2D eigenvalue weighted by Crippen LogP contribution is 2.17. The average molecular weight is 266 g/mol. The van der Waals surface area contributed by atoms with Crippen molar-refractivity contribution in [1.82, 2.24) is 4.98 Å². The van der Waals surface area contributed by atoms with Gasteiger partial charge in [-0.15, -0.1) is 0 Å². The zero-order valence-electron chi connectivity index (χ0n) is 11.1. The minimum atomic E-state index is -0.242. The number of rotatable bonds is 2. The van der Waals surface area contributed by atoms with Crippen molar-refractivity contribution in [3.8, 4) is 11.8 Å². The number of aromatic nitrogens is 1. The number of aliphatic hydroxyl groups is 1. The number of amides is 1. The Balaban J connectivity index is 2.27. The smallest absolute Gasteiger partial charge is 0.257 e. The number of pyridine rings is 1. The van der Waals surface area contributed by atoms with Crippen molar-refractivity contribution in [1.29, 1.82) is 0 Å². The fourth-order valence-electron chi connectivity index (χ4n) is 1.70. The van der Waals surface area contributed by atoms with Crippen LogP contribution in [0.25, 0.3) is 0 Å². The molecule has 0 bridgehead atoms. The van der Waals surface area contributed by atoms with Crippen molar-refractivity contribution in [3.05, 3.63) is 59.4 Å². The minimum Gasteiger partial charge on any atom is -0.384 e. The van der Waals surface area contributed by atoms with E-state index in [9.17, 15) is 4.79 Å². The van der Waals surface area contributed by atoms with Gasteiger partial charge in [-0.25, -0.2) is 0 Å². The molecule has 2 aromatic rings. The van der Waals surface area contributed by atoms with Crippen LogP contribution < -0.4 is 5.32 Å². The van der Waals surface area contributed by atoms with Crippen LogP contribution in [0.15, 0.2) is 42.7 Å². The molecule has 0 aliphatic heterocycles. The van der Waals surface area contributed by atoms with Gasteiger partial charge in [0, 0.05) is 18.0 Å². The van der Waals surface area contributed by atoms with E-state index < -0.39 is 0 Å². The lowest BCUT2D eigenvalue weighted by atomic mass is 10.1. The van der Waals surface area contributed by atoms with Gasteiger partial charge in [0.1, 0.15) is 6.61 Å². The Morgan fingerprint density at radius 1 is 1.40 bits per heavy atom. The number of nitrogens with zero attached hydrogens (tertiary/aromatic N) is 1. The molecule has 0 fully saturated rings. The van der Waals surface area contributed by atoms with Crippen LogP contribution >= 0.6 is 0 Å². The number of carbonyl (C=O) groups is 1. The third-order valence-corrected chi connectivity index (χ3v) is 2.65. The molecule has 1 heterocycles. The lowest BCUT2D eigenvalue weighted by molar-refractivity contribution is 0.102. The standard InChI is InChI=1S/C16H14N2O2/c1-12-6-7-15(13(10-12)5-3-9-19)18-16(20)14-4-2-8-17-11-14/h2,4,6-8,10-11,19H,9H2,1H3,(H,18,20). The maximum Gasteiger partial charge on any atom is 0.257 e. The maximum atomic E-state index is 12.1. The van der Waals surface area contributed by atoms with Gasteiger partial charge < -0.3 is 10.4 Å². The molecule has 0 radical (unpaired) electrons. The number of benzene rings is 1. The summed E-state index contributed by atoms with van der Waals surface area (Å²) in [6.45, 7) is 1.72. The summed E-state index contributed by atoms with van der Waals surface area (Å²) in [5, 5.41) is 11.6. The van der Waals surface area contributed by atoms with Gasteiger partial charge in [0.2, 0.25) is 0 Å². The zero-order valence-corrected chi connectivity index (χ0v) is 11.1. The second kappa shape index (κ2) is 6.50. The van der Waals surface area contributed by atoms with Crippen LogP contribution in [0, 0.1) is 18.8 Å². The number of hydrogen-bond acceptors (Lipinski definition) is 3. The SMILES string of the molecule is Cc1ccc(NC(=O)c2cccnc2)c(C#CCO)c1. The van der Waals surface area contributed by atoms with Crippen LogP contribution in [0.2, 0.25) is 0 Å². The summed E-state index contributed by atoms with van der Waals surface area (Å²) in [4.78, 5) is 16.0. The first kappa shape index (κ1) is 13.8. The van der Waals surface area contributed by atoms with Crippen LogP contribution in [0.5, 0.6) is 0 Å². The number of nitrogens with one attached hydrogen (secondary N) is 1. The summed E-state index contributed by atoms with van der Waals surface area (Å²) in [6, 6.07) is 8.95. The first-order chi connectivity index (χ1) is 9.70. The van der Waals surface area contributed by atoms with Crippen molar-refractivity contribution >= 4 is 11.6 Å². The molecule has 2 N–H and O–H groups in total. The van der Waals surface area contributed by atoms with Crippen molar-refractivity contribution in [2.45, 2.75) is 6.92 Å². The van der Waals surface area contributed by atoms with Crippen LogP contribution in [0.1, 0.15) is 21.5 Å². The molecule has 0 saturated heterocycles. The summed E-state index contributed by atoms with van der Waals surface area (Å²) < 4.78 is 0. The Labute approximate surface area is 117 Å². The topological polar surface area (TPSA) is 62.2 Å². The number of aliphatic hydroxyl groups excluding tert-OH is 1. The van der Waals surface area contributed by atoms with Crippen LogP contribution in [0.3, 0.4) is 0 Å². The molecule has 0 atom stereocenters. The van der Waals surface area contributed by atoms with Gasteiger partial charge in [0.05, 0.1) is 11.3 Å². The van der Waals surface area contributed by atoms with Crippen molar-refractivity contribution in [2.75, 3.05) is 11.9 Å². The van der Waals surface area contributed by atoms with Gasteiger partial charge in [-0.3, -0.25) is 9.78 Å². The fourth-order valence-corrected chi connectivity index (χ4v) is 1.70. The van der Waals surface area contributed by atoms with E-state index in [2.05, 4.69) is 22.1 Å². The quantitative estimate of drug-likeness (QED) is 0.817. The van der Waals surface area contributed by atoms with E-state index in [1.165, 1.54) is 6.20 Å². The number of carbonyl (C=O) groups excluding carboxylic acids is 1. The van der Waals surface area contributed by atoms with E-state index in [4.69, 9.17) is 5.11 Å². The predicted octanol–water partition coefficient (Wildman–Crippen LogP) is 1.99. The molecule has 20 heavy (non-hydrogen) atoms. The van der Waals surface area contributed by atoms with Gasteiger partial charge in [0.15, 0.2) is 0 Å². The minimum absolute atomic E-state index is 0.218. The van der Waals surface area contributed by atoms with Gasteiger partial charge in [0.25, 0.3) is 5.91 Å². The number of aryl methyl sites for hydroxylation is 1. The number of hydrogen-bond donors (Lipinski definition) is 2. The van der Waals surface area contributed by atoms with Crippen LogP contribution in [-0.2, 0) is 0 Å². The lowest BCUT2D eigenvalue weighted by Crippen LogP contribution is -2.13. The van der Waals surface area contributed by atoms with E-state index in [0.717, 1.165) is 5.56 Å². The average Bonchev–Trinajstić information content (AvgIpc) is 2.48. The molecular formula is C16H14N2O2.